The number of para-hydroxylation sites is 1. The van der Waals surface area contributed by atoms with Crippen molar-refractivity contribution in [2.75, 3.05) is 11.9 Å². The van der Waals surface area contributed by atoms with Crippen LogP contribution >= 0.6 is 0 Å². The van der Waals surface area contributed by atoms with Gasteiger partial charge in [-0.2, -0.15) is 0 Å². The van der Waals surface area contributed by atoms with Crippen molar-refractivity contribution >= 4 is 5.69 Å². The third-order valence-electron chi connectivity index (χ3n) is 4.50. The van der Waals surface area contributed by atoms with Gasteiger partial charge in [-0.3, -0.25) is 0 Å². The van der Waals surface area contributed by atoms with Crippen LogP contribution in [0.25, 0.3) is 0 Å². The zero-order valence-corrected chi connectivity index (χ0v) is 11.8. The van der Waals surface area contributed by atoms with E-state index in [4.69, 9.17) is 0 Å². The highest BCUT2D eigenvalue weighted by atomic mass is 19.1. The van der Waals surface area contributed by atoms with Gasteiger partial charge in [0.25, 0.3) is 0 Å². The summed E-state index contributed by atoms with van der Waals surface area (Å²) in [5, 5.41) is 3.49. The molecule has 1 aromatic rings. The summed E-state index contributed by atoms with van der Waals surface area (Å²) in [6, 6.07) is 6.52. The first-order valence-corrected chi connectivity index (χ1v) is 7.40. The van der Waals surface area contributed by atoms with E-state index in [0.717, 1.165) is 23.7 Å². The summed E-state index contributed by atoms with van der Waals surface area (Å²) >= 11 is 0. The summed E-state index contributed by atoms with van der Waals surface area (Å²) in [7, 11) is 2.03. The molecule has 0 spiro atoms. The fraction of sp³-hybridized carbons (Fsp3) is 0.625. The molecule has 0 saturated heterocycles. The van der Waals surface area contributed by atoms with Gasteiger partial charge >= 0.3 is 0 Å². The van der Waals surface area contributed by atoms with Gasteiger partial charge in [-0.15, -0.1) is 0 Å². The van der Waals surface area contributed by atoms with Crippen LogP contribution in [-0.4, -0.2) is 19.1 Å². The Balaban J connectivity index is 1.79. The van der Waals surface area contributed by atoms with Crippen molar-refractivity contribution < 1.29 is 4.39 Å². The lowest BCUT2D eigenvalue weighted by Gasteiger charge is -2.29. The summed E-state index contributed by atoms with van der Waals surface area (Å²) in [4.78, 5) is 2.14. The van der Waals surface area contributed by atoms with Crippen LogP contribution in [0.15, 0.2) is 18.2 Å². The average Bonchev–Trinajstić information content (AvgIpc) is 3.28. The van der Waals surface area contributed by atoms with Crippen LogP contribution in [0, 0.1) is 11.7 Å². The average molecular weight is 262 g/mol. The summed E-state index contributed by atoms with van der Waals surface area (Å²) < 4.78 is 14.2. The highest BCUT2D eigenvalue weighted by Crippen LogP contribution is 2.37. The second-order valence-electron chi connectivity index (χ2n) is 6.09. The minimum absolute atomic E-state index is 0.0925. The fourth-order valence-corrected chi connectivity index (χ4v) is 2.74. The lowest BCUT2D eigenvalue weighted by atomic mass is 10.1. The van der Waals surface area contributed by atoms with E-state index in [1.807, 2.05) is 19.2 Å². The monoisotopic (exact) mass is 262 g/mol. The molecular weight excluding hydrogens is 239 g/mol. The zero-order valence-electron chi connectivity index (χ0n) is 11.8. The van der Waals surface area contributed by atoms with Crippen molar-refractivity contribution in [3.05, 3.63) is 29.6 Å². The number of nitrogens with zero attached hydrogens (tertiary/aromatic N) is 1. The van der Waals surface area contributed by atoms with Crippen molar-refractivity contribution in [3.8, 4) is 0 Å². The normalized spacial score (nSPS) is 20.4. The molecule has 1 atom stereocenters. The second kappa shape index (κ2) is 5.12. The quantitative estimate of drug-likeness (QED) is 0.846. The topological polar surface area (TPSA) is 15.3 Å². The Morgan fingerprint density at radius 1 is 1.32 bits per heavy atom. The number of nitrogens with one attached hydrogen (secondary N) is 1. The number of rotatable bonds is 6. The molecule has 1 N–H and O–H groups in total. The van der Waals surface area contributed by atoms with Crippen LogP contribution in [0.1, 0.15) is 38.2 Å². The molecule has 2 saturated carbocycles. The van der Waals surface area contributed by atoms with E-state index in [1.54, 1.807) is 6.07 Å². The van der Waals surface area contributed by atoms with Gasteiger partial charge in [0.05, 0.1) is 5.69 Å². The molecule has 0 bridgehead atoms. The molecule has 2 aliphatic carbocycles. The van der Waals surface area contributed by atoms with Crippen LogP contribution in [0.2, 0.25) is 0 Å². The highest BCUT2D eigenvalue weighted by Gasteiger charge is 2.32. The predicted molar refractivity (Wildman–Crippen MR) is 76.9 cm³/mol. The molecule has 1 aromatic carbocycles. The summed E-state index contributed by atoms with van der Waals surface area (Å²) in [6.45, 7) is 2.99. The van der Waals surface area contributed by atoms with Crippen molar-refractivity contribution in [3.63, 3.8) is 0 Å². The van der Waals surface area contributed by atoms with Crippen molar-refractivity contribution in [1.29, 1.82) is 0 Å². The molecule has 0 heterocycles. The minimum Gasteiger partial charge on any atom is -0.369 e. The first-order valence-electron chi connectivity index (χ1n) is 7.40. The third kappa shape index (κ3) is 2.92. The van der Waals surface area contributed by atoms with Gasteiger partial charge in [0.2, 0.25) is 0 Å². The Morgan fingerprint density at radius 3 is 2.68 bits per heavy atom. The molecule has 3 rings (SSSR count). The van der Waals surface area contributed by atoms with Crippen LogP contribution in [0.5, 0.6) is 0 Å². The van der Waals surface area contributed by atoms with Gasteiger partial charge < -0.3 is 10.2 Å². The Morgan fingerprint density at radius 2 is 2.05 bits per heavy atom. The molecule has 2 fully saturated rings. The number of hydrogen-bond acceptors (Lipinski definition) is 2. The number of halogens is 1. The van der Waals surface area contributed by atoms with Gasteiger partial charge in [0, 0.05) is 25.7 Å². The van der Waals surface area contributed by atoms with E-state index < -0.39 is 0 Å². The summed E-state index contributed by atoms with van der Waals surface area (Å²) in [6.07, 6.45) is 5.10. The lowest BCUT2D eigenvalue weighted by Crippen LogP contribution is -2.32. The van der Waals surface area contributed by atoms with E-state index >= 15 is 0 Å². The summed E-state index contributed by atoms with van der Waals surface area (Å²) in [5.41, 5.74) is 1.87. The maximum atomic E-state index is 14.2. The van der Waals surface area contributed by atoms with Gasteiger partial charge in [-0.1, -0.05) is 12.1 Å². The predicted octanol–water partition coefficient (Wildman–Crippen LogP) is 3.31. The Kier molecular flexibility index (Phi) is 3.48. The van der Waals surface area contributed by atoms with E-state index in [2.05, 4.69) is 17.1 Å². The van der Waals surface area contributed by atoms with Crippen LogP contribution in [0.4, 0.5) is 10.1 Å². The van der Waals surface area contributed by atoms with Crippen molar-refractivity contribution in [2.24, 2.45) is 5.92 Å². The number of hydrogen-bond donors (Lipinski definition) is 1. The smallest absolute Gasteiger partial charge is 0.146 e. The SMILES string of the molecule is CC(C1CC1)N(C)c1c(F)cccc1CNC1CC1. The van der Waals surface area contributed by atoms with E-state index in [1.165, 1.54) is 25.7 Å². The number of anilines is 1. The maximum absolute atomic E-state index is 14.2. The Bertz CT molecular complexity index is 452. The molecule has 1 unspecified atom stereocenters. The second-order valence-corrected chi connectivity index (χ2v) is 6.09. The largest absolute Gasteiger partial charge is 0.369 e. The van der Waals surface area contributed by atoms with E-state index in [-0.39, 0.29) is 5.82 Å². The fourth-order valence-electron chi connectivity index (χ4n) is 2.74. The molecule has 104 valence electrons. The first kappa shape index (κ1) is 12.9. The number of benzene rings is 1. The molecule has 0 amide bonds. The molecular formula is C16H23FN2. The standard InChI is InChI=1S/C16H23FN2/c1-11(12-6-7-12)19(2)16-13(4-3-5-15(16)17)10-18-14-8-9-14/h3-5,11-12,14,18H,6-10H2,1-2H3. The molecule has 2 aliphatic rings. The van der Waals surface area contributed by atoms with Gasteiger partial charge in [-0.25, -0.2) is 4.39 Å². The Labute approximate surface area is 115 Å². The molecule has 3 heteroatoms. The molecule has 2 nitrogen and oxygen atoms in total. The molecule has 0 aliphatic heterocycles. The van der Waals surface area contributed by atoms with Crippen LogP contribution in [-0.2, 0) is 6.54 Å². The van der Waals surface area contributed by atoms with Crippen LogP contribution in [0.3, 0.4) is 0 Å². The van der Waals surface area contributed by atoms with Gasteiger partial charge in [0.1, 0.15) is 5.82 Å². The summed E-state index contributed by atoms with van der Waals surface area (Å²) in [5.74, 6) is 0.652. The molecule has 0 radical (unpaired) electrons. The van der Waals surface area contributed by atoms with Gasteiger partial charge in [0.15, 0.2) is 0 Å². The molecule has 19 heavy (non-hydrogen) atoms. The van der Waals surface area contributed by atoms with Crippen LogP contribution < -0.4 is 10.2 Å². The zero-order chi connectivity index (χ0) is 13.4. The third-order valence-corrected chi connectivity index (χ3v) is 4.50. The highest BCUT2D eigenvalue weighted by molar-refractivity contribution is 5.55. The maximum Gasteiger partial charge on any atom is 0.146 e. The van der Waals surface area contributed by atoms with Gasteiger partial charge in [-0.05, 0) is 50.2 Å². The van der Waals surface area contributed by atoms with E-state index in [9.17, 15) is 4.39 Å². The Hall–Kier alpha value is -1.09. The van der Waals surface area contributed by atoms with E-state index in [0.29, 0.717) is 12.1 Å². The minimum atomic E-state index is -0.0925. The van der Waals surface area contributed by atoms with Crippen molar-refractivity contribution in [1.82, 2.24) is 5.32 Å². The molecule has 0 aromatic heterocycles. The first-order chi connectivity index (χ1) is 9.16. The van der Waals surface area contributed by atoms with Crippen molar-refractivity contribution in [2.45, 2.75) is 51.2 Å². The lowest BCUT2D eigenvalue weighted by molar-refractivity contribution is 0.569.